The third-order valence-corrected chi connectivity index (χ3v) is 3.80. The smallest absolute Gasteiger partial charge is 0.316 e. The Kier molecular flexibility index (Phi) is 5.58. The van der Waals surface area contributed by atoms with Crippen LogP contribution in [0.1, 0.15) is 19.4 Å². The molecule has 0 radical (unpaired) electrons. The van der Waals surface area contributed by atoms with Crippen LogP contribution in [-0.4, -0.2) is 34.9 Å². The molecule has 1 N–H and O–H groups in total. The molecule has 0 heterocycles. The number of nitrogens with zero attached hydrogens (tertiary/aromatic N) is 2. The van der Waals surface area contributed by atoms with E-state index in [-0.39, 0.29) is 11.8 Å². The largest absolute Gasteiger partial charge is 0.508 e. The normalized spacial score (nSPS) is 10.5. The van der Waals surface area contributed by atoms with Crippen molar-refractivity contribution in [3.63, 3.8) is 0 Å². The molecule has 0 bridgehead atoms. The van der Waals surface area contributed by atoms with Crippen LogP contribution >= 0.6 is 0 Å². The standard InChI is InChI=1S/C19H22N2O3/c1-14(2)21(13-15-7-5-4-6-8-15)19(24)18(23)20(3)16-9-11-17(22)12-10-16/h4-12,14,22H,13H2,1-3H3. The van der Waals surface area contributed by atoms with E-state index >= 15 is 0 Å². The van der Waals surface area contributed by atoms with Crippen LogP contribution < -0.4 is 4.90 Å². The zero-order valence-corrected chi connectivity index (χ0v) is 14.1. The van der Waals surface area contributed by atoms with Crippen molar-refractivity contribution >= 4 is 17.5 Å². The number of benzene rings is 2. The molecule has 0 spiro atoms. The molecule has 2 aromatic rings. The molecule has 0 aliphatic heterocycles. The lowest BCUT2D eigenvalue weighted by Gasteiger charge is -2.28. The van der Waals surface area contributed by atoms with Gasteiger partial charge in [-0.25, -0.2) is 0 Å². The molecule has 0 atom stereocenters. The fourth-order valence-electron chi connectivity index (χ4n) is 2.33. The van der Waals surface area contributed by atoms with Crippen LogP contribution in [-0.2, 0) is 16.1 Å². The lowest BCUT2D eigenvalue weighted by Crippen LogP contribution is -2.46. The first-order chi connectivity index (χ1) is 11.4. The summed E-state index contributed by atoms with van der Waals surface area (Å²) >= 11 is 0. The number of anilines is 1. The number of amides is 2. The molecule has 0 aliphatic rings. The Morgan fingerprint density at radius 3 is 2.08 bits per heavy atom. The van der Waals surface area contributed by atoms with Gasteiger partial charge in [0.1, 0.15) is 5.75 Å². The molecule has 0 fully saturated rings. The van der Waals surface area contributed by atoms with Crippen LogP contribution in [0.4, 0.5) is 5.69 Å². The summed E-state index contributed by atoms with van der Waals surface area (Å²) in [6.07, 6.45) is 0. The van der Waals surface area contributed by atoms with Gasteiger partial charge in [0.05, 0.1) is 0 Å². The molecular formula is C19H22N2O3. The summed E-state index contributed by atoms with van der Waals surface area (Å²) in [5, 5.41) is 9.33. The Hall–Kier alpha value is -2.82. The zero-order chi connectivity index (χ0) is 17.7. The van der Waals surface area contributed by atoms with E-state index in [1.807, 2.05) is 44.2 Å². The van der Waals surface area contributed by atoms with Crippen molar-refractivity contribution in [3.8, 4) is 5.75 Å². The van der Waals surface area contributed by atoms with Crippen molar-refractivity contribution in [1.82, 2.24) is 4.90 Å². The van der Waals surface area contributed by atoms with Gasteiger partial charge in [-0.1, -0.05) is 30.3 Å². The fourth-order valence-corrected chi connectivity index (χ4v) is 2.33. The Bertz CT molecular complexity index is 696. The summed E-state index contributed by atoms with van der Waals surface area (Å²) in [5.74, 6) is -1.05. The summed E-state index contributed by atoms with van der Waals surface area (Å²) < 4.78 is 0. The quantitative estimate of drug-likeness (QED) is 0.879. The van der Waals surface area contributed by atoms with Crippen LogP contribution in [0, 0.1) is 0 Å². The molecular weight excluding hydrogens is 304 g/mol. The molecule has 0 unspecified atom stereocenters. The van der Waals surface area contributed by atoms with Crippen molar-refractivity contribution in [2.75, 3.05) is 11.9 Å². The Labute approximate surface area is 142 Å². The van der Waals surface area contributed by atoms with E-state index in [9.17, 15) is 14.7 Å². The van der Waals surface area contributed by atoms with Crippen LogP contribution in [0.2, 0.25) is 0 Å². The highest BCUT2D eigenvalue weighted by atomic mass is 16.3. The van der Waals surface area contributed by atoms with Crippen LogP contribution in [0.15, 0.2) is 54.6 Å². The van der Waals surface area contributed by atoms with Gasteiger partial charge in [-0.3, -0.25) is 9.59 Å². The number of hydrogen-bond acceptors (Lipinski definition) is 3. The van der Waals surface area contributed by atoms with Gasteiger partial charge in [-0.05, 0) is 43.7 Å². The maximum Gasteiger partial charge on any atom is 0.316 e. The maximum atomic E-state index is 12.7. The van der Waals surface area contributed by atoms with Gasteiger partial charge in [0.15, 0.2) is 0 Å². The molecule has 2 rings (SSSR count). The first kappa shape index (κ1) is 17.5. The van der Waals surface area contributed by atoms with Crippen LogP contribution in [0.3, 0.4) is 0 Å². The second-order valence-corrected chi connectivity index (χ2v) is 5.89. The lowest BCUT2D eigenvalue weighted by atomic mass is 10.2. The minimum absolute atomic E-state index is 0.102. The van der Waals surface area contributed by atoms with Gasteiger partial charge in [0.25, 0.3) is 0 Å². The van der Waals surface area contributed by atoms with Crippen LogP contribution in [0.25, 0.3) is 0 Å². The molecule has 0 aliphatic carbocycles. The number of carbonyl (C=O) groups excluding carboxylic acids is 2. The second kappa shape index (κ2) is 7.64. The second-order valence-electron chi connectivity index (χ2n) is 5.89. The predicted molar refractivity (Wildman–Crippen MR) is 93.6 cm³/mol. The highest BCUT2D eigenvalue weighted by molar-refractivity contribution is 6.40. The van der Waals surface area contributed by atoms with E-state index in [2.05, 4.69) is 0 Å². The number of likely N-dealkylation sites (N-methyl/N-ethyl adjacent to an activating group) is 1. The number of hydrogen-bond donors (Lipinski definition) is 1. The van der Waals surface area contributed by atoms with Crippen molar-refractivity contribution < 1.29 is 14.7 Å². The van der Waals surface area contributed by atoms with Crippen molar-refractivity contribution in [2.45, 2.75) is 26.4 Å². The molecule has 2 aromatic carbocycles. The summed E-state index contributed by atoms with van der Waals surface area (Å²) in [6.45, 7) is 4.15. The number of aromatic hydroxyl groups is 1. The summed E-state index contributed by atoms with van der Waals surface area (Å²) in [5.41, 5.74) is 1.52. The first-order valence-electron chi connectivity index (χ1n) is 7.81. The van der Waals surface area contributed by atoms with Gasteiger partial charge in [-0.2, -0.15) is 0 Å². The van der Waals surface area contributed by atoms with Gasteiger partial charge in [-0.15, -0.1) is 0 Å². The Morgan fingerprint density at radius 2 is 1.54 bits per heavy atom. The molecule has 0 aromatic heterocycles. The number of rotatable bonds is 4. The van der Waals surface area contributed by atoms with E-state index in [0.29, 0.717) is 12.2 Å². The monoisotopic (exact) mass is 326 g/mol. The number of carbonyl (C=O) groups is 2. The Balaban J connectivity index is 2.16. The number of phenols is 1. The van der Waals surface area contributed by atoms with Crippen LogP contribution in [0.5, 0.6) is 5.75 Å². The van der Waals surface area contributed by atoms with E-state index in [1.54, 1.807) is 24.1 Å². The highest BCUT2D eigenvalue weighted by Gasteiger charge is 2.27. The fraction of sp³-hybridized carbons (Fsp3) is 0.263. The van der Waals surface area contributed by atoms with Gasteiger partial charge < -0.3 is 14.9 Å². The Morgan fingerprint density at radius 1 is 0.958 bits per heavy atom. The average Bonchev–Trinajstić information content (AvgIpc) is 2.59. The average molecular weight is 326 g/mol. The molecule has 0 saturated carbocycles. The molecule has 5 heteroatoms. The van der Waals surface area contributed by atoms with E-state index < -0.39 is 11.8 Å². The summed E-state index contributed by atoms with van der Waals surface area (Å²) in [7, 11) is 1.55. The summed E-state index contributed by atoms with van der Waals surface area (Å²) in [6, 6.07) is 15.6. The highest BCUT2D eigenvalue weighted by Crippen LogP contribution is 2.18. The van der Waals surface area contributed by atoms with E-state index in [0.717, 1.165) is 5.56 Å². The van der Waals surface area contributed by atoms with E-state index in [4.69, 9.17) is 0 Å². The van der Waals surface area contributed by atoms with Crippen molar-refractivity contribution in [1.29, 1.82) is 0 Å². The molecule has 24 heavy (non-hydrogen) atoms. The van der Waals surface area contributed by atoms with Crippen molar-refractivity contribution in [3.05, 3.63) is 60.2 Å². The van der Waals surface area contributed by atoms with Crippen molar-refractivity contribution in [2.24, 2.45) is 0 Å². The topological polar surface area (TPSA) is 60.9 Å². The minimum atomic E-state index is -0.606. The zero-order valence-electron chi connectivity index (χ0n) is 14.1. The molecule has 2 amide bonds. The van der Waals surface area contributed by atoms with E-state index in [1.165, 1.54) is 17.0 Å². The third-order valence-electron chi connectivity index (χ3n) is 3.80. The third kappa shape index (κ3) is 4.13. The molecule has 5 nitrogen and oxygen atoms in total. The predicted octanol–water partition coefficient (Wildman–Crippen LogP) is 2.79. The molecule has 126 valence electrons. The SMILES string of the molecule is CC(C)N(Cc1ccccc1)C(=O)C(=O)N(C)c1ccc(O)cc1. The maximum absolute atomic E-state index is 12.7. The minimum Gasteiger partial charge on any atom is -0.508 e. The lowest BCUT2D eigenvalue weighted by molar-refractivity contribution is -0.145. The van der Waals surface area contributed by atoms with Gasteiger partial charge in [0, 0.05) is 25.3 Å². The number of phenolic OH excluding ortho intramolecular Hbond substituents is 1. The first-order valence-corrected chi connectivity index (χ1v) is 7.81. The molecule has 0 saturated heterocycles. The summed E-state index contributed by atoms with van der Waals surface area (Å²) in [4.78, 5) is 28.0. The van der Waals surface area contributed by atoms with Gasteiger partial charge in [0.2, 0.25) is 0 Å². The van der Waals surface area contributed by atoms with Gasteiger partial charge >= 0.3 is 11.8 Å².